The Kier molecular flexibility index (Phi) is 5.21. The highest BCUT2D eigenvalue weighted by atomic mass is 19.1. The van der Waals surface area contributed by atoms with Crippen molar-refractivity contribution in [2.24, 2.45) is 0 Å². The number of hydrogen-bond acceptors (Lipinski definition) is 4. The van der Waals surface area contributed by atoms with Crippen LogP contribution in [0, 0.1) is 5.82 Å². The van der Waals surface area contributed by atoms with Crippen LogP contribution < -0.4 is 5.32 Å². The monoisotopic (exact) mass is 325 g/mol. The Labute approximate surface area is 140 Å². The van der Waals surface area contributed by atoms with Crippen LogP contribution in [-0.4, -0.2) is 16.7 Å². The van der Waals surface area contributed by atoms with E-state index < -0.39 is 0 Å². The first-order valence-corrected chi connectivity index (χ1v) is 8.19. The topological polar surface area (TPSA) is 51.0 Å². The highest BCUT2D eigenvalue weighted by Crippen LogP contribution is 2.37. The molecule has 3 aromatic rings. The lowest BCUT2D eigenvalue weighted by Gasteiger charge is -2.06. The summed E-state index contributed by atoms with van der Waals surface area (Å²) in [7, 11) is 0. The lowest BCUT2D eigenvalue weighted by Crippen LogP contribution is -2.01. The first-order valence-electron chi connectivity index (χ1n) is 8.19. The van der Waals surface area contributed by atoms with E-state index in [0.717, 1.165) is 42.5 Å². The van der Waals surface area contributed by atoms with Crippen LogP contribution >= 0.6 is 0 Å². The number of nitrogens with zero attached hydrogens (tertiary/aromatic N) is 2. The van der Waals surface area contributed by atoms with Gasteiger partial charge in [-0.2, -0.15) is 0 Å². The van der Waals surface area contributed by atoms with Crippen LogP contribution in [0.25, 0.3) is 22.4 Å². The molecule has 0 atom stereocenters. The molecular weight excluding hydrogens is 305 g/mol. The van der Waals surface area contributed by atoms with Crippen molar-refractivity contribution in [3.05, 3.63) is 54.6 Å². The molecule has 1 N–H and O–H groups in total. The number of hydrogen-bond donors (Lipinski definition) is 1. The Balaban J connectivity index is 1.96. The maximum absolute atomic E-state index is 13.2. The minimum absolute atomic E-state index is 0.273. The Morgan fingerprint density at radius 3 is 2.46 bits per heavy atom. The summed E-state index contributed by atoms with van der Waals surface area (Å²) >= 11 is 0. The third-order valence-corrected chi connectivity index (χ3v) is 3.84. The van der Waals surface area contributed by atoms with Gasteiger partial charge in [-0.05, 0) is 48.4 Å². The van der Waals surface area contributed by atoms with Crippen LogP contribution in [0.2, 0.25) is 0 Å². The maximum atomic E-state index is 13.2. The molecule has 3 rings (SSSR count). The van der Waals surface area contributed by atoms with Crippen LogP contribution in [0.5, 0.6) is 0 Å². The summed E-state index contributed by atoms with van der Waals surface area (Å²) in [5.41, 5.74) is 3.34. The number of halogens is 1. The van der Waals surface area contributed by atoms with Gasteiger partial charge in [0.2, 0.25) is 5.88 Å². The fourth-order valence-electron chi connectivity index (χ4n) is 2.58. The molecule has 0 unspecified atom stereocenters. The third kappa shape index (κ3) is 3.62. The Morgan fingerprint density at radius 2 is 1.75 bits per heavy atom. The first kappa shape index (κ1) is 16.2. The molecule has 2 heterocycles. The van der Waals surface area contributed by atoms with Crippen molar-refractivity contribution in [1.82, 2.24) is 10.1 Å². The van der Waals surface area contributed by atoms with Crippen molar-refractivity contribution >= 4 is 5.88 Å². The SMILES string of the molecule is CCCCCNc1onc(-c2ccc(F)cc2)c1-c1ccncc1. The van der Waals surface area contributed by atoms with Gasteiger partial charge < -0.3 is 9.84 Å². The fourth-order valence-corrected chi connectivity index (χ4v) is 2.58. The number of aromatic nitrogens is 2. The molecule has 5 heteroatoms. The number of anilines is 1. The molecule has 0 saturated carbocycles. The summed E-state index contributed by atoms with van der Waals surface area (Å²) in [6, 6.07) is 10.1. The number of benzene rings is 1. The predicted octanol–water partition coefficient (Wildman–Crippen LogP) is 5.14. The largest absolute Gasteiger partial charge is 0.353 e. The zero-order chi connectivity index (χ0) is 16.8. The van der Waals surface area contributed by atoms with E-state index in [-0.39, 0.29) is 5.82 Å². The van der Waals surface area contributed by atoms with E-state index >= 15 is 0 Å². The van der Waals surface area contributed by atoms with E-state index in [1.54, 1.807) is 24.5 Å². The first-order chi connectivity index (χ1) is 11.8. The van der Waals surface area contributed by atoms with Gasteiger partial charge in [0.05, 0.1) is 5.56 Å². The maximum Gasteiger partial charge on any atom is 0.233 e. The zero-order valence-corrected chi connectivity index (χ0v) is 13.6. The van der Waals surface area contributed by atoms with Gasteiger partial charge in [0.25, 0.3) is 0 Å². The van der Waals surface area contributed by atoms with Gasteiger partial charge in [0, 0.05) is 24.5 Å². The van der Waals surface area contributed by atoms with Crippen molar-refractivity contribution < 1.29 is 8.91 Å². The van der Waals surface area contributed by atoms with E-state index in [1.807, 2.05) is 12.1 Å². The molecule has 0 radical (unpaired) electrons. The number of unbranched alkanes of at least 4 members (excludes halogenated alkanes) is 2. The Hall–Kier alpha value is -2.69. The molecule has 0 saturated heterocycles. The number of nitrogens with one attached hydrogen (secondary N) is 1. The van der Waals surface area contributed by atoms with Crippen molar-refractivity contribution in [2.45, 2.75) is 26.2 Å². The Morgan fingerprint density at radius 1 is 1.00 bits per heavy atom. The van der Waals surface area contributed by atoms with Gasteiger partial charge in [-0.1, -0.05) is 24.9 Å². The summed E-state index contributed by atoms with van der Waals surface area (Å²) in [5.74, 6) is 0.363. The third-order valence-electron chi connectivity index (χ3n) is 3.84. The van der Waals surface area contributed by atoms with Crippen LogP contribution in [0.1, 0.15) is 26.2 Å². The van der Waals surface area contributed by atoms with E-state index in [2.05, 4.69) is 22.4 Å². The van der Waals surface area contributed by atoms with Crippen molar-refractivity contribution in [3.63, 3.8) is 0 Å². The van der Waals surface area contributed by atoms with Gasteiger partial charge >= 0.3 is 0 Å². The highest BCUT2D eigenvalue weighted by Gasteiger charge is 2.19. The normalized spacial score (nSPS) is 10.8. The quantitative estimate of drug-likeness (QED) is 0.611. The molecule has 24 heavy (non-hydrogen) atoms. The summed E-state index contributed by atoms with van der Waals surface area (Å²) in [6.07, 6.45) is 6.86. The molecule has 0 aliphatic heterocycles. The van der Waals surface area contributed by atoms with Crippen molar-refractivity contribution in [3.8, 4) is 22.4 Å². The molecule has 0 aliphatic carbocycles. The van der Waals surface area contributed by atoms with Crippen LogP contribution in [0.3, 0.4) is 0 Å². The van der Waals surface area contributed by atoms with E-state index in [1.165, 1.54) is 12.1 Å². The predicted molar refractivity (Wildman–Crippen MR) is 93.1 cm³/mol. The molecule has 0 bridgehead atoms. The second-order valence-corrected chi connectivity index (χ2v) is 5.61. The molecule has 0 spiro atoms. The lowest BCUT2D eigenvalue weighted by atomic mass is 10.0. The summed E-state index contributed by atoms with van der Waals surface area (Å²) in [4.78, 5) is 4.06. The molecule has 1 aromatic carbocycles. The minimum atomic E-state index is -0.273. The molecule has 0 amide bonds. The van der Waals surface area contributed by atoms with Gasteiger partial charge in [0.15, 0.2) is 0 Å². The lowest BCUT2D eigenvalue weighted by molar-refractivity contribution is 0.434. The van der Waals surface area contributed by atoms with E-state index in [4.69, 9.17) is 4.52 Å². The molecule has 0 fully saturated rings. The molecule has 4 nitrogen and oxygen atoms in total. The average molecular weight is 325 g/mol. The van der Waals surface area contributed by atoms with Gasteiger partial charge in [-0.3, -0.25) is 4.98 Å². The van der Waals surface area contributed by atoms with E-state index in [9.17, 15) is 4.39 Å². The van der Waals surface area contributed by atoms with Gasteiger partial charge in [-0.25, -0.2) is 4.39 Å². The molecule has 124 valence electrons. The highest BCUT2D eigenvalue weighted by molar-refractivity contribution is 5.87. The summed E-state index contributed by atoms with van der Waals surface area (Å²) in [6.45, 7) is 2.99. The summed E-state index contributed by atoms with van der Waals surface area (Å²) in [5, 5.41) is 7.54. The van der Waals surface area contributed by atoms with Gasteiger partial charge in [0.1, 0.15) is 11.5 Å². The van der Waals surface area contributed by atoms with Crippen LogP contribution in [-0.2, 0) is 0 Å². The van der Waals surface area contributed by atoms with Crippen LogP contribution in [0.4, 0.5) is 10.3 Å². The zero-order valence-electron chi connectivity index (χ0n) is 13.6. The molecule has 2 aromatic heterocycles. The number of pyridine rings is 1. The Bertz CT molecular complexity index is 769. The van der Waals surface area contributed by atoms with E-state index in [0.29, 0.717) is 11.6 Å². The smallest absolute Gasteiger partial charge is 0.233 e. The molecule has 0 aliphatic rings. The fraction of sp³-hybridized carbons (Fsp3) is 0.263. The second kappa shape index (κ2) is 7.73. The standard InChI is InChI=1S/C19H20FN3O/c1-2-3-4-11-22-19-17(14-9-12-21-13-10-14)18(23-24-19)15-5-7-16(20)8-6-15/h5-10,12-13,22H,2-4,11H2,1H3. The number of rotatable bonds is 7. The second-order valence-electron chi connectivity index (χ2n) is 5.61. The van der Waals surface area contributed by atoms with Crippen LogP contribution in [0.15, 0.2) is 53.3 Å². The van der Waals surface area contributed by atoms with Crippen molar-refractivity contribution in [1.29, 1.82) is 0 Å². The van der Waals surface area contributed by atoms with Gasteiger partial charge in [-0.15, -0.1) is 0 Å². The summed E-state index contributed by atoms with van der Waals surface area (Å²) < 4.78 is 18.7. The molecular formula is C19H20FN3O. The average Bonchev–Trinajstić information content (AvgIpc) is 3.04. The minimum Gasteiger partial charge on any atom is -0.353 e. The van der Waals surface area contributed by atoms with Crippen molar-refractivity contribution in [2.75, 3.05) is 11.9 Å².